The first-order chi connectivity index (χ1) is 14.6. The lowest BCUT2D eigenvalue weighted by molar-refractivity contribution is -0.126. The highest BCUT2D eigenvalue weighted by Gasteiger charge is 2.37. The SMILES string of the molecule is O=C1CC(C(=O)NCc2ccc(Nc3ccc(N4C[C@H]5CC[C@@H]4C5)cc3)cc2)CN1. The Bertz CT molecular complexity index is 925. The molecule has 1 aliphatic carbocycles. The van der Waals surface area contributed by atoms with E-state index in [1.165, 1.54) is 31.5 Å². The zero-order valence-electron chi connectivity index (χ0n) is 17.1. The van der Waals surface area contributed by atoms with Crippen LogP contribution in [0.1, 0.15) is 31.2 Å². The summed E-state index contributed by atoms with van der Waals surface area (Å²) in [6.07, 6.45) is 4.39. The molecule has 0 spiro atoms. The highest BCUT2D eigenvalue weighted by atomic mass is 16.2. The third-order valence-corrected chi connectivity index (χ3v) is 6.67. The molecule has 6 nitrogen and oxygen atoms in total. The van der Waals surface area contributed by atoms with Gasteiger partial charge in [0, 0.05) is 49.2 Å². The molecule has 3 N–H and O–H groups in total. The number of rotatable bonds is 6. The van der Waals surface area contributed by atoms with Gasteiger partial charge in [0.15, 0.2) is 0 Å². The molecule has 6 heteroatoms. The molecular weight excluding hydrogens is 376 g/mol. The zero-order valence-corrected chi connectivity index (χ0v) is 17.1. The summed E-state index contributed by atoms with van der Waals surface area (Å²) in [6.45, 7) is 2.12. The number of benzene rings is 2. The van der Waals surface area contributed by atoms with Crippen LogP contribution in [0, 0.1) is 11.8 Å². The molecule has 3 aliphatic rings. The number of hydrogen-bond donors (Lipinski definition) is 3. The molecule has 1 saturated carbocycles. The summed E-state index contributed by atoms with van der Waals surface area (Å²) in [7, 11) is 0. The van der Waals surface area contributed by atoms with Gasteiger partial charge < -0.3 is 20.9 Å². The van der Waals surface area contributed by atoms with Gasteiger partial charge in [0.25, 0.3) is 0 Å². The molecule has 2 amide bonds. The predicted molar refractivity (Wildman–Crippen MR) is 118 cm³/mol. The average molecular weight is 405 g/mol. The molecule has 0 radical (unpaired) electrons. The van der Waals surface area contributed by atoms with Crippen molar-refractivity contribution in [1.82, 2.24) is 10.6 Å². The molecule has 2 aromatic rings. The minimum atomic E-state index is -0.253. The maximum atomic E-state index is 12.1. The van der Waals surface area contributed by atoms with E-state index in [0.29, 0.717) is 13.1 Å². The normalized spacial score (nSPS) is 24.7. The number of anilines is 3. The second-order valence-corrected chi connectivity index (χ2v) is 8.78. The Morgan fingerprint density at radius 1 is 1.03 bits per heavy atom. The summed E-state index contributed by atoms with van der Waals surface area (Å²) < 4.78 is 0. The van der Waals surface area contributed by atoms with E-state index in [1.54, 1.807) is 0 Å². The van der Waals surface area contributed by atoms with Gasteiger partial charge in [-0.3, -0.25) is 9.59 Å². The van der Waals surface area contributed by atoms with Crippen molar-refractivity contribution in [3.63, 3.8) is 0 Å². The second-order valence-electron chi connectivity index (χ2n) is 8.78. The van der Waals surface area contributed by atoms with Gasteiger partial charge >= 0.3 is 0 Å². The van der Waals surface area contributed by atoms with E-state index < -0.39 is 0 Å². The van der Waals surface area contributed by atoms with Crippen molar-refractivity contribution < 1.29 is 9.59 Å². The number of hydrogen-bond acceptors (Lipinski definition) is 4. The summed E-state index contributed by atoms with van der Waals surface area (Å²) in [5.41, 5.74) is 4.45. The number of nitrogens with one attached hydrogen (secondary N) is 3. The quantitative estimate of drug-likeness (QED) is 0.691. The molecule has 2 heterocycles. The van der Waals surface area contributed by atoms with Crippen LogP contribution in [0.3, 0.4) is 0 Å². The van der Waals surface area contributed by atoms with Crippen LogP contribution in [-0.2, 0) is 16.1 Å². The largest absolute Gasteiger partial charge is 0.368 e. The van der Waals surface area contributed by atoms with Gasteiger partial charge in [-0.1, -0.05) is 12.1 Å². The molecule has 2 saturated heterocycles. The van der Waals surface area contributed by atoms with Gasteiger partial charge in [0.1, 0.15) is 0 Å². The fourth-order valence-corrected chi connectivity index (χ4v) is 4.97. The first-order valence-corrected chi connectivity index (χ1v) is 10.9. The summed E-state index contributed by atoms with van der Waals surface area (Å²) in [4.78, 5) is 25.9. The Labute approximate surface area is 177 Å². The van der Waals surface area contributed by atoms with Crippen molar-refractivity contribution in [2.75, 3.05) is 23.3 Å². The van der Waals surface area contributed by atoms with Crippen LogP contribution < -0.4 is 20.9 Å². The van der Waals surface area contributed by atoms with Gasteiger partial charge in [-0.2, -0.15) is 0 Å². The molecule has 2 aromatic carbocycles. The van der Waals surface area contributed by atoms with Gasteiger partial charge in [-0.15, -0.1) is 0 Å². The minimum absolute atomic E-state index is 0.0497. The Balaban J connectivity index is 1.13. The molecular formula is C24H28N4O2. The van der Waals surface area contributed by atoms with Crippen molar-refractivity contribution in [3.05, 3.63) is 54.1 Å². The van der Waals surface area contributed by atoms with Gasteiger partial charge in [0.2, 0.25) is 11.8 Å². The van der Waals surface area contributed by atoms with E-state index >= 15 is 0 Å². The smallest absolute Gasteiger partial charge is 0.225 e. The Morgan fingerprint density at radius 2 is 1.77 bits per heavy atom. The molecule has 5 rings (SSSR count). The Hall–Kier alpha value is -3.02. The molecule has 3 fully saturated rings. The lowest BCUT2D eigenvalue weighted by Gasteiger charge is -2.29. The summed E-state index contributed by atoms with van der Waals surface area (Å²) in [5.74, 6) is 0.527. The van der Waals surface area contributed by atoms with E-state index in [-0.39, 0.29) is 24.2 Å². The van der Waals surface area contributed by atoms with Crippen LogP contribution in [0.25, 0.3) is 0 Å². The lowest BCUT2D eigenvalue weighted by Crippen LogP contribution is -2.31. The van der Waals surface area contributed by atoms with Crippen molar-refractivity contribution >= 4 is 28.9 Å². The highest BCUT2D eigenvalue weighted by Crippen LogP contribution is 2.40. The first-order valence-electron chi connectivity index (χ1n) is 10.9. The van der Waals surface area contributed by atoms with Crippen LogP contribution in [0.5, 0.6) is 0 Å². The summed E-state index contributed by atoms with van der Waals surface area (Å²) in [6, 6.07) is 17.5. The maximum Gasteiger partial charge on any atom is 0.225 e. The number of carbonyl (C=O) groups is 2. The topological polar surface area (TPSA) is 73.5 Å². The highest BCUT2D eigenvalue weighted by molar-refractivity contribution is 5.89. The van der Waals surface area contributed by atoms with Crippen LogP contribution >= 0.6 is 0 Å². The number of piperidine rings is 1. The van der Waals surface area contributed by atoms with Gasteiger partial charge in [-0.25, -0.2) is 0 Å². The van der Waals surface area contributed by atoms with Gasteiger partial charge in [-0.05, 0) is 67.1 Å². The lowest BCUT2D eigenvalue weighted by atomic mass is 10.1. The molecule has 30 heavy (non-hydrogen) atoms. The number of nitrogens with zero attached hydrogens (tertiary/aromatic N) is 1. The zero-order chi connectivity index (χ0) is 20.5. The van der Waals surface area contributed by atoms with Crippen LogP contribution in [0.15, 0.2) is 48.5 Å². The average Bonchev–Trinajstić information content (AvgIpc) is 3.51. The summed E-state index contributed by atoms with van der Waals surface area (Å²) in [5, 5.41) is 9.06. The predicted octanol–water partition coefficient (Wildman–Crippen LogP) is 3.17. The monoisotopic (exact) mass is 404 g/mol. The summed E-state index contributed by atoms with van der Waals surface area (Å²) >= 11 is 0. The molecule has 2 bridgehead atoms. The molecule has 2 aliphatic heterocycles. The van der Waals surface area contributed by atoms with E-state index in [1.807, 2.05) is 24.3 Å². The third kappa shape index (κ3) is 3.99. The van der Waals surface area contributed by atoms with Crippen LogP contribution in [0.2, 0.25) is 0 Å². The van der Waals surface area contributed by atoms with Crippen molar-refractivity contribution in [3.8, 4) is 0 Å². The van der Waals surface area contributed by atoms with Crippen molar-refractivity contribution in [2.45, 2.75) is 38.3 Å². The van der Waals surface area contributed by atoms with Crippen LogP contribution in [0.4, 0.5) is 17.1 Å². The Morgan fingerprint density at radius 3 is 2.37 bits per heavy atom. The Kier molecular flexibility index (Phi) is 5.07. The third-order valence-electron chi connectivity index (χ3n) is 6.67. The van der Waals surface area contributed by atoms with Crippen LogP contribution in [-0.4, -0.2) is 30.9 Å². The van der Waals surface area contributed by atoms with E-state index in [9.17, 15) is 9.59 Å². The maximum absolute atomic E-state index is 12.1. The van der Waals surface area contributed by atoms with Crippen molar-refractivity contribution in [1.29, 1.82) is 0 Å². The van der Waals surface area contributed by atoms with Gasteiger partial charge in [0.05, 0.1) is 5.92 Å². The minimum Gasteiger partial charge on any atom is -0.368 e. The van der Waals surface area contributed by atoms with Crippen molar-refractivity contribution in [2.24, 2.45) is 11.8 Å². The molecule has 156 valence electrons. The number of carbonyl (C=O) groups excluding carboxylic acids is 2. The fraction of sp³-hybridized carbons (Fsp3) is 0.417. The molecule has 3 atom stereocenters. The standard InChI is InChI=1S/C24H28N4O2/c29-23-12-18(14-25-23)24(30)26-13-16-1-4-19(5-2-16)27-20-6-9-21(10-7-20)28-15-17-3-8-22(28)11-17/h1-2,4-7,9-10,17-18,22,27H,3,8,11-15H2,(H,25,29)(H,26,30)/t17-,18?,22+/m0/s1. The van der Waals surface area contributed by atoms with E-state index in [2.05, 4.69) is 45.1 Å². The van der Waals surface area contributed by atoms with E-state index in [0.717, 1.165) is 28.9 Å². The van der Waals surface area contributed by atoms with E-state index in [4.69, 9.17) is 0 Å². The number of amides is 2. The second kappa shape index (κ2) is 8.01. The first kappa shape index (κ1) is 19.0. The number of fused-ring (bicyclic) bond motifs is 2. The fourth-order valence-electron chi connectivity index (χ4n) is 4.97. The molecule has 0 aromatic heterocycles. The molecule has 1 unspecified atom stereocenters.